The van der Waals surface area contributed by atoms with Crippen molar-refractivity contribution in [2.45, 2.75) is 43.9 Å². The summed E-state index contributed by atoms with van der Waals surface area (Å²) in [6, 6.07) is 20.0. The maximum atomic E-state index is 12.9. The van der Waals surface area contributed by atoms with Crippen molar-refractivity contribution in [2.75, 3.05) is 20.3 Å². The van der Waals surface area contributed by atoms with Gasteiger partial charge in [-0.3, -0.25) is 9.78 Å². The molecule has 2 fully saturated rings. The zero-order valence-corrected chi connectivity index (χ0v) is 19.5. The molecule has 34 heavy (non-hydrogen) atoms. The summed E-state index contributed by atoms with van der Waals surface area (Å²) >= 11 is 0. The molecule has 3 aromatic rings. The quantitative estimate of drug-likeness (QED) is 0.513. The van der Waals surface area contributed by atoms with Gasteiger partial charge in [0.05, 0.1) is 19.8 Å². The molecule has 1 aliphatic carbocycles. The first kappa shape index (κ1) is 22.4. The van der Waals surface area contributed by atoms with Crippen LogP contribution in [0.2, 0.25) is 0 Å². The van der Waals surface area contributed by atoms with Crippen molar-refractivity contribution in [3.05, 3.63) is 89.7 Å². The highest BCUT2D eigenvalue weighted by Crippen LogP contribution is 2.42. The second-order valence-corrected chi connectivity index (χ2v) is 8.98. The lowest BCUT2D eigenvalue weighted by Crippen LogP contribution is -2.53. The second kappa shape index (κ2) is 9.85. The maximum Gasteiger partial charge on any atom is 0.249 e. The first-order valence-corrected chi connectivity index (χ1v) is 11.9. The average Bonchev–Trinajstić information content (AvgIpc) is 3.40. The first-order chi connectivity index (χ1) is 16.7. The molecule has 1 aliphatic heterocycles. The molecule has 6 nitrogen and oxygen atoms in total. The van der Waals surface area contributed by atoms with E-state index < -0.39 is 5.60 Å². The monoisotopic (exact) mass is 458 g/mol. The number of amides is 1. The largest absolute Gasteiger partial charge is 0.493 e. The highest BCUT2D eigenvalue weighted by atomic mass is 16.5. The van der Waals surface area contributed by atoms with Crippen LogP contribution in [-0.4, -0.2) is 42.2 Å². The van der Waals surface area contributed by atoms with Crippen LogP contribution in [0.4, 0.5) is 0 Å². The van der Waals surface area contributed by atoms with E-state index in [2.05, 4.69) is 17.1 Å². The van der Waals surface area contributed by atoms with Gasteiger partial charge in [-0.25, -0.2) is 0 Å². The topological polar surface area (TPSA) is 60.9 Å². The van der Waals surface area contributed by atoms with E-state index in [1.165, 1.54) is 12.8 Å². The summed E-state index contributed by atoms with van der Waals surface area (Å²) in [6.45, 7) is 0.902. The maximum absolute atomic E-state index is 12.9. The zero-order chi connectivity index (χ0) is 23.4. The summed E-state index contributed by atoms with van der Waals surface area (Å²) in [5.41, 5.74) is 2.16. The molecule has 1 amide bonds. The van der Waals surface area contributed by atoms with Crippen molar-refractivity contribution in [3.8, 4) is 11.5 Å². The Morgan fingerprint density at radius 3 is 2.50 bits per heavy atom. The highest BCUT2D eigenvalue weighted by molar-refractivity contribution is 5.78. The molecule has 0 N–H and O–H groups in total. The molecule has 1 saturated carbocycles. The molecule has 5 rings (SSSR count). The van der Waals surface area contributed by atoms with Gasteiger partial charge in [0.1, 0.15) is 12.2 Å². The van der Waals surface area contributed by atoms with Crippen molar-refractivity contribution in [2.24, 2.45) is 0 Å². The fourth-order valence-electron chi connectivity index (χ4n) is 4.96. The Bertz CT molecular complexity index is 1120. The van der Waals surface area contributed by atoms with Crippen molar-refractivity contribution in [1.29, 1.82) is 0 Å². The van der Waals surface area contributed by atoms with E-state index in [1.807, 2.05) is 53.4 Å². The lowest BCUT2D eigenvalue weighted by atomic mass is 9.84. The number of hydrogen-bond acceptors (Lipinski definition) is 5. The summed E-state index contributed by atoms with van der Waals surface area (Å²) in [7, 11) is 1.66. The number of pyridine rings is 1. The number of benzene rings is 2. The fourth-order valence-corrected chi connectivity index (χ4v) is 4.96. The molecule has 2 aliphatic rings. The summed E-state index contributed by atoms with van der Waals surface area (Å²) in [5.74, 6) is 1.40. The third-order valence-electron chi connectivity index (χ3n) is 6.80. The molecule has 0 spiro atoms. The van der Waals surface area contributed by atoms with Gasteiger partial charge in [0.2, 0.25) is 5.91 Å². The van der Waals surface area contributed by atoms with Gasteiger partial charge in [-0.2, -0.15) is 0 Å². The number of nitrogens with zero attached hydrogens (tertiary/aromatic N) is 2. The van der Waals surface area contributed by atoms with E-state index in [0.717, 1.165) is 35.3 Å². The SMILES string of the molecule is COc1ccc(C2(c3ccccc3)CN(Cc3ccncc3)C(=O)CO2)cc1OC1CCCC1. The molecule has 1 saturated heterocycles. The Balaban J connectivity index is 1.54. The smallest absolute Gasteiger partial charge is 0.249 e. The van der Waals surface area contributed by atoms with Gasteiger partial charge in [0, 0.05) is 18.9 Å². The minimum atomic E-state index is -0.817. The number of carbonyl (C=O) groups is 1. The molecular weight excluding hydrogens is 428 g/mol. The van der Waals surface area contributed by atoms with Crippen LogP contribution in [0.1, 0.15) is 42.4 Å². The van der Waals surface area contributed by atoms with E-state index in [-0.39, 0.29) is 18.6 Å². The first-order valence-electron chi connectivity index (χ1n) is 11.9. The molecule has 0 bridgehead atoms. The number of ether oxygens (including phenoxy) is 3. The number of carbonyl (C=O) groups excluding carboxylic acids is 1. The van der Waals surface area contributed by atoms with Gasteiger partial charge >= 0.3 is 0 Å². The predicted molar refractivity (Wildman–Crippen MR) is 129 cm³/mol. The molecule has 1 aromatic heterocycles. The van der Waals surface area contributed by atoms with Crippen LogP contribution in [-0.2, 0) is 21.7 Å². The Morgan fingerprint density at radius 1 is 1.00 bits per heavy atom. The molecule has 1 atom stereocenters. The third kappa shape index (κ3) is 4.50. The number of morpholine rings is 1. The van der Waals surface area contributed by atoms with Crippen molar-refractivity contribution < 1.29 is 19.0 Å². The Morgan fingerprint density at radius 2 is 1.76 bits per heavy atom. The van der Waals surface area contributed by atoms with Crippen LogP contribution in [0.15, 0.2) is 73.1 Å². The molecule has 1 unspecified atom stereocenters. The van der Waals surface area contributed by atoms with E-state index in [0.29, 0.717) is 18.8 Å². The fraction of sp³-hybridized carbons (Fsp3) is 0.357. The van der Waals surface area contributed by atoms with Gasteiger partial charge in [0.25, 0.3) is 0 Å². The van der Waals surface area contributed by atoms with E-state index >= 15 is 0 Å². The standard InChI is InChI=1S/C28H30N2O4/c1-32-25-12-11-23(17-26(25)34-24-9-5-6-10-24)28(22-7-3-2-4-8-22)20-30(27(31)19-33-28)18-21-13-15-29-16-14-21/h2-4,7-8,11-17,24H,5-6,9-10,18-20H2,1H3. The van der Waals surface area contributed by atoms with Crippen LogP contribution < -0.4 is 9.47 Å². The summed E-state index contributed by atoms with van der Waals surface area (Å²) in [5, 5.41) is 0. The van der Waals surface area contributed by atoms with Crippen LogP contribution >= 0.6 is 0 Å². The van der Waals surface area contributed by atoms with Crippen LogP contribution in [0.3, 0.4) is 0 Å². The number of methoxy groups -OCH3 is 1. The summed E-state index contributed by atoms with van der Waals surface area (Å²) < 4.78 is 18.4. The normalized spacial score (nSPS) is 21.0. The highest BCUT2D eigenvalue weighted by Gasteiger charge is 2.43. The van der Waals surface area contributed by atoms with E-state index in [4.69, 9.17) is 14.2 Å². The van der Waals surface area contributed by atoms with Gasteiger partial charge in [-0.05, 0) is 66.6 Å². The summed E-state index contributed by atoms with van der Waals surface area (Å²) in [6.07, 6.45) is 8.20. The van der Waals surface area contributed by atoms with E-state index in [9.17, 15) is 4.79 Å². The number of aromatic nitrogens is 1. The Labute approximate surface area is 200 Å². The zero-order valence-electron chi connectivity index (χ0n) is 19.5. The Kier molecular flexibility index (Phi) is 6.50. The Hall–Kier alpha value is -3.38. The van der Waals surface area contributed by atoms with Crippen LogP contribution in [0.25, 0.3) is 0 Å². The molecular formula is C28H30N2O4. The van der Waals surface area contributed by atoms with Gasteiger partial charge in [0.15, 0.2) is 11.5 Å². The third-order valence-corrected chi connectivity index (χ3v) is 6.80. The minimum absolute atomic E-state index is 0.00478. The molecule has 2 aromatic carbocycles. The number of hydrogen-bond donors (Lipinski definition) is 0. The summed E-state index contributed by atoms with van der Waals surface area (Å²) in [4.78, 5) is 18.9. The van der Waals surface area contributed by atoms with Gasteiger partial charge in [-0.15, -0.1) is 0 Å². The van der Waals surface area contributed by atoms with E-state index in [1.54, 1.807) is 19.5 Å². The average molecular weight is 459 g/mol. The van der Waals surface area contributed by atoms with Crippen molar-refractivity contribution in [1.82, 2.24) is 9.88 Å². The molecule has 0 radical (unpaired) electrons. The molecule has 6 heteroatoms. The predicted octanol–water partition coefficient (Wildman–Crippen LogP) is 4.71. The molecule has 176 valence electrons. The van der Waals surface area contributed by atoms with Crippen molar-refractivity contribution in [3.63, 3.8) is 0 Å². The molecule has 2 heterocycles. The van der Waals surface area contributed by atoms with Gasteiger partial charge < -0.3 is 19.1 Å². The number of rotatable bonds is 7. The lowest BCUT2D eigenvalue weighted by molar-refractivity contribution is -0.160. The minimum Gasteiger partial charge on any atom is -0.493 e. The second-order valence-electron chi connectivity index (χ2n) is 8.98. The van der Waals surface area contributed by atoms with Crippen LogP contribution in [0, 0.1) is 0 Å². The van der Waals surface area contributed by atoms with Gasteiger partial charge in [-0.1, -0.05) is 36.4 Å². The van der Waals surface area contributed by atoms with Crippen molar-refractivity contribution >= 4 is 5.91 Å². The lowest BCUT2D eigenvalue weighted by Gasteiger charge is -2.43. The van der Waals surface area contributed by atoms with Crippen LogP contribution in [0.5, 0.6) is 11.5 Å².